The third-order valence-electron chi connectivity index (χ3n) is 9.46. The van der Waals surface area contributed by atoms with Crippen LogP contribution in [0.5, 0.6) is 0 Å². The number of hydrogen-bond acceptors (Lipinski definition) is 3. The van der Waals surface area contributed by atoms with Gasteiger partial charge in [0.1, 0.15) is 0 Å². The monoisotopic (exact) mass is 594 g/mol. The second-order valence-electron chi connectivity index (χ2n) is 11.9. The summed E-state index contributed by atoms with van der Waals surface area (Å²) in [5, 5.41) is 4.48. The molecule has 5 aromatic rings. The molecule has 0 aromatic heterocycles. The molecule has 44 heavy (non-hydrogen) atoms. The van der Waals surface area contributed by atoms with Gasteiger partial charge in [0.25, 0.3) is 10.0 Å². The van der Waals surface area contributed by atoms with Gasteiger partial charge < -0.3 is 0 Å². The minimum absolute atomic E-state index is 0.0755. The van der Waals surface area contributed by atoms with Crippen LogP contribution >= 0.6 is 0 Å². The molecular formula is C39H34N2O2S. The van der Waals surface area contributed by atoms with Crippen molar-refractivity contribution >= 4 is 27.4 Å². The molecule has 2 aliphatic rings. The van der Waals surface area contributed by atoms with E-state index in [1.807, 2.05) is 13.1 Å². The Labute approximate surface area is 259 Å². The molecule has 0 radical (unpaired) electrons. The normalized spacial score (nSPS) is 22.9. The maximum Gasteiger partial charge on any atom is 0.276 e. The SMILES string of the molecule is Cc1ccc(S(=O)(=O)N/N=C/C2CC3(c4ccccc4)CC2(c2ccccc2)C(c2ccccc2)=C3c2ccccc2)cc1. The van der Waals surface area contributed by atoms with Gasteiger partial charge in [-0.25, -0.2) is 4.83 Å². The van der Waals surface area contributed by atoms with Crippen molar-refractivity contribution in [2.75, 3.05) is 0 Å². The van der Waals surface area contributed by atoms with E-state index in [0.29, 0.717) is 0 Å². The van der Waals surface area contributed by atoms with Gasteiger partial charge in [0.05, 0.1) is 4.90 Å². The second-order valence-corrected chi connectivity index (χ2v) is 13.6. The Morgan fingerprint density at radius 3 is 1.73 bits per heavy atom. The Bertz CT molecular complexity index is 1940. The summed E-state index contributed by atoms with van der Waals surface area (Å²) >= 11 is 0. The van der Waals surface area contributed by atoms with Crippen LogP contribution in [0.3, 0.4) is 0 Å². The van der Waals surface area contributed by atoms with Crippen LogP contribution in [0.2, 0.25) is 0 Å². The fraction of sp³-hybridized carbons (Fsp3) is 0.154. The highest BCUT2D eigenvalue weighted by atomic mass is 32.2. The van der Waals surface area contributed by atoms with E-state index in [0.717, 1.165) is 18.4 Å². The summed E-state index contributed by atoms with van der Waals surface area (Å²) in [5.74, 6) is -0.0755. The van der Waals surface area contributed by atoms with E-state index in [4.69, 9.17) is 0 Å². The Morgan fingerprint density at radius 2 is 1.16 bits per heavy atom. The van der Waals surface area contributed by atoms with Crippen LogP contribution in [0.25, 0.3) is 11.1 Å². The summed E-state index contributed by atoms with van der Waals surface area (Å²) in [4.78, 5) is 2.72. The molecule has 3 unspecified atom stereocenters. The molecule has 1 saturated carbocycles. The fourth-order valence-corrected chi connectivity index (χ4v) is 8.44. The zero-order valence-corrected chi connectivity index (χ0v) is 25.4. The maximum absolute atomic E-state index is 13.2. The van der Waals surface area contributed by atoms with Gasteiger partial charge in [0, 0.05) is 23.0 Å². The molecule has 218 valence electrons. The number of allylic oxidation sites excluding steroid dienone is 2. The predicted molar refractivity (Wildman–Crippen MR) is 179 cm³/mol. The molecule has 2 aliphatic carbocycles. The summed E-state index contributed by atoms with van der Waals surface area (Å²) in [6, 6.07) is 49.7. The molecule has 3 atom stereocenters. The Hall–Kier alpha value is -4.74. The molecule has 7 rings (SSSR count). The zero-order chi connectivity index (χ0) is 30.2. The highest BCUT2D eigenvalue weighted by Crippen LogP contribution is 2.72. The number of aryl methyl sites for hydroxylation is 1. The molecule has 4 nitrogen and oxygen atoms in total. The smallest absolute Gasteiger partial charge is 0.200 e. The van der Waals surface area contributed by atoms with Gasteiger partial charge in [-0.2, -0.15) is 13.5 Å². The van der Waals surface area contributed by atoms with E-state index in [1.54, 1.807) is 24.3 Å². The molecule has 5 aromatic carbocycles. The zero-order valence-electron chi connectivity index (χ0n) is 24.6. The van der Waals surface area contributed by atoms with Crippen molar-refractivity contribution in [1.29, 1.82) is 0 Å². The molecule has 0 heterocycles. The second kappa shape index (κ2) is 11.1. The van der Waals surface area contributed by atoms with E-state index in [-0.39, 0.29) is 16.2 Å². The number of sulfonamides is 1. The highest BCUT2D eigenvalue weighted by Gasteiger charge is 2.65. The Balaban J connectivity index is 1.45. The lowest BCUT2D eigenvalue weighted by atomic mass is 9.63. The first-order valence-corrected chi connectivity index (χ1v) is 16.5. The minimum Gasteiger partial charge on any atom is -0.200 e. The van der Waals surface area contributed by atoms with Crippen molar-refractivity contribution in [2.45, 2.75) is 35.5 Å². The van der Waals surface area contributed by atoms with Crippen LogP contribution in [0.15, 0.2) is 156 Å². The fourth-order valence-electron chi connectivity index (χ4n) is 7.64. The van der Waals surface area contributed by atoms with Crippen LogP contribution in [-0.2, 0) is 20.9 Å². The van der Waals surface area contributed by atoms with E-state index >= 15 is 0 Å². The van der Waals surface area contributed by atoms with E-state index in [9.17, 15) is 8.42 Å². The van der Waals surface area contributed by atoms with Gasteiger partial charge in [-0.05, 0) is 65.3 Å². The van der Waals surface area contributed by atoms with E-state index < -0.39 is 15.4 Å². The van der Waals surface area contributed by atoms with Gasteiger partial charge >= 0.3 is 0 Å². The van der Waals surface area contributed by atoms with Crippen LogP contribution in [0.4, 0.5) is 0 Å². The number of nitrogens with one attached hydrogen (secondary N) is 1. The third kappa shape index (κ3) is 4.59. The average Bonchev–Trinajstić information content (AvgIpc) is 3.58. The van der Waals surface area contributed by atoms with Crippen LogP contribution < -0.4 is 4.83 Å². The van der Waals surface area contributed by atoms with Gasteiger partial charge in [-0.3, -0.25) is 0 Å². The Kier molecular flexibility index (Phi) is 7.06. The van der Waals surface area contributed by atoms with Gasteiger partial charge in [0.15, 0.2) is 0 Å². The molecule has 0 aliphatic heterocycles. The quantitative estimate of drug-likeness (QED) is 0.146. The summed E-state index contributed by atoms with van der Waals surface area (Å²) in [6.45, 7) is 1.93. The van der Waals surface area contributed by atoms with Crippen LogP contribution in [0.1, 0.15) is 40.7 Å². The molecule has 0 amide bonds. The minimum atomic E-state index is -3.81. The summed E-state index contributed by atoms with van der Waals surface area (Å²) < 4.78 is 26.4. The maximum atomic E-state index is 13.2. The number of benzene rings is 5. The highest BCUT2D eigenvalue weighted by molar-refractivity contribution is 7.89. The summed E-state index contributed by atoms with van der Waals surface area (Å²) in [6.07, 6.45) is 3.50. The topological polar surface area (TPSA) is 58.5 Å². The van der Waals surface area contributed by atoms with Crippen molar-refractivity contribution in [2.24, 2.45) is 11.0 Å². The molecule has 1 fully saturated rings. The molecule has 0 saturated heterocycles. The van der Waals surface area contributed by atoms with Crippen LogP contribution in [-0.4, -0.2) is 14.6 Å². The van der Waals surface area contributed by atoms with Crippen molar-refractivity contribution in [3.05, 3.63) is 173 Å². The predicted octanol–water partition coefficient (Wildman–Crippen LogP) is 8.17. The number of nitrogens with zero attached hydrogens (tertiary/aromatic N) is 1. The molecule has 5 heteroatoms. The number of rotatable bonds is 8. The Morgan fingerprint density at radius 1 is 0.659 bits per heavy atom. The lowest BCUT2D eigenvalue weighted by Crippen LogP contribution is -2.34. The summed E-state index contributed by atoms with van der Waals surface area (Å²) in [7, 11) is -3.81. The van der Waals surface area contributed by atoms with Gasteiger partial charge in [-0.15, -0.1) is 0 Å². The molecule has 0 spiro atoms. The van der Waals surface area contributed by atoms with Crippen molar-refractivity contribution in [1.82, 2.24) is 4.83 Å². The van der Waals surface area contributed by atoms with Crippen LogP contribution in [0, 0.1) is 12.8 Å². The number of hydrazone groups is 1. The molecule has 1 N–H and O–H groups in total. The molecular weight excluding hydrogens is 561 g/mol. The van der Waals surface area contributed by atoms with E-state index in [2.05, 4.69) is 131 Å². The van der Waals surface area contributed by atoms with Crippen molar-refractivity contribution in [3.63, 3.8) is 0 Å². The number of hydrogen-bond donors (Lipinski definition) is 1. The first kappa shape index (κ1) is 28.1. The first-order valence-electron chi connectivity index (χ1n) is 15.0. The van der Waals surface area contributed by atoms with E-state index in [1.165, 1.54) is 33.4 Å². The lowest BCUT2D eigenvalue weighted by Gasteiger charge is -2.39. The standard InChI is InChI=1S/C39H34N2O2S/c1-29-22-24-35(25-23-29)44(42,43)41-40-27-34-26-38(32-18-10-4-11-19-32)28-39(34,33-20-12-5-13-21-33)37(31-16-8-3-9-17-31)36(38)30-14-6-2-7-15-30/h2-25,27,34,41H,26,28H2,1H3/b40-27+. The number of fused-ring (bicyclic) bond motifs is 2. The molecule has 2 bridgehead atoms. The first-order chi connectivity index (χ1) is 21.4. The lowest BCUT2D eigenvalue weighted by molar-refractivity contribution is 0.511. The van der Waals surface area contributed by atoms with Gasteiger partial charge in [0.2, 0.25) is 0 Å². The van der Waals surface area contributed by atoms with Crippen molar-refractivity contribution in [3.8, 4) is 0 Å². The average molecular weight is 595 g/mol. The van der Waals surface area contributed by atoms with Crippen molar-refractivity contribution < 1.29 is 8.42 Å². The summed E-state index contributed by atoms with van der Waals surface area (Å²) in [5.41, 5.74) is 7.72. The third-order valence-corrected chi connectivity index (χ3v) is 10.7. The van der Waals surface area contributed by atoms with Gasteiger partial charge in [-0.1, -0.05) is 139 Å². The largest absolute Gasteiger partial charge is 0.276 e.